The molecule has 0 saturated carbocycles. The number of rotatable bonds is 6. The van der Waals surface area contributed by atoms with Crippen molar-refractivity contribution < 1.29 is 9.18 Å². The van der Waals surface area contributed by atoms with Gasteiger partial charge in [-0.2, -0.15) is 0 Å². The largest absolute Gasteiger partial charge is 0.351 e. The summed E-state index contributed by atoms with van der Waals surface area (Å²) >= 11 is 6.03. The molecule has 0 unspecified atom stereocenters. The van der Waals surface area contributed by atoms with Crippen LogP contribution in [0.1, 0.15) is 16.7 Å². The number of anilines is 1. The normalized spacial score (nSPS) is 10.8. The Bertz CT molecular complexity index is 1170. The van der Waals surface area contributed by atoms with E-state index in [4.69, 9.17) is 11.6 Å². The number of imidazole rings is 1. The molecule has 2 aromatic carbocycles. The van der Waals surface area contributed by atoms with Gasteiger partial charge in [0.1, 0.15) is 5.82 Å². The van der Waals surface area contributed by atoms with Crippen LogP contribution >= 0.6 is 11.6 Å². The summed E-state index contributed by atoms with van der Waals surface area (Å²) in [4.78, 5) is 26.2. The maximum absolute atomic E-state index is 13.9. The van der Waals surface area contributed by atoms with Gasteiger partial charge >= 0.3 is 0 Å². The Balaban J connectivity index is 1.66. The van der Waals surface area contributed by atoms with Crippen LogP contribution in [0.25, 0.3) is 11.3 Å². The zero-order valence-corrected chi connectivity index (χ0v) is 17.6. The Hall–Kier alpha value is -3.51. The van der Waals surface area contributed by atoms with E-state index in [1.165, 1.54) is 12.1 Å². The van der Waals surface area contributed by atoms with Crippen LogP contribution in [0.15, 0.2) is 73.4 Å². The molecule has 2 heterocycles. The van der Waals surface area contributed by atoms with Gasteiger partial charge in [0, 0.05) is 34.9 Å². The standard InChI is InChI=1S/C24H20ClFN4O/c1-16-6-7-27-12-19(16)10-24(31)30(14-17-8-20(25)11-21(26)9-17)22-4-2-18(3-5-22)23-13-28-15-29-23/h2-9,11-13,15H,10,14H2,1H3,(H,28,29). The molecule has 0 atom stereocenters. The summed E-state index contributed by atoms with van der Waals surface area (Å²) in [6.07, 6.45) is 7.00. The number of halogens is 2. The highest BCUT2D eigenvalue weighted by molar-refractivity contribution is 6.30. The molecule has 2 aromatic heterocycles. The average molecular weight is 435 g/mol. The highest BCUT2D eigenvalue weighted by atomic mass is 35.5. The molecule has 156 valence electrons. The van der Waals surface area contributed by atoms with Crippen molar-refractivity contribution in [2.75, 3.05) is 4.90 Å². The Kier molecular flexibility index (Phi) is 6.09. The highest BCUT2D eigenvalue weighted by Crippen LogP contribution is 2.25. The molecule has 0 bridgehead atoms. The third-order valence-corrected chi connectivity index (χ3v) is 5.24. The number of carbonyl (C=O) groups excluding carboxylic acids is 1. The lowest BCUT2D eigenvalue weighted by Gasteiger charge is -2.24. The molecule has 0 aliphatic rings. The third kappa shape index (κ3) is 4.98. The van der Waals surface area contributed by atoms with E-state index in [0.717, 1.165) is 22.4 Å². The Morgan fingerprint density at radius 2 is 1.97 bits per heavy atom. The van der Waals surface area contributed by atoms with Gasteiger partial charge in [-0.25, -0.2) is 9.37 Å². The molecule has 5 nitrogen and oxygen atoms in total. The van der Waals surface area contributed by atoms with Crippen molar-refractivity contribution in [3.63, 3.8) is 0 Å². The van der Waals surface area contributed by atoms with Gasteiger partial charge in [0.2, 0.25) is 5.91 Å². The van der Waals surface area contributed by atoms with Gasteiger partial charge in [0.25, 0.3) is 0 Å². The predicted molar refractivity (Wildman–Crippen MR) is 119 cm³/mol. The SMILES string of the molecule is Cc1ccncc1CC(=O)N(Cc1cc(F)cc(Cl)c1)c1ccc(-c2c[nH]cn2)cc1. The van der Waals surface area contributed by atoms with Crippen LogP contribution in [0.3, 0.4) is 0 Å². The number of carbonyl (C=O) groups is 1. The van der Waals surface area contributed by atoms with Gasteiger partial charge in [0.05, 0.1) is 25.0 Å². The summed E-state index contributed by atoms with van der Waals surface area (Å²) in [6.45, 7) is 2.14. The molecular weight excluding hydrogens is 415 g/mol. The summed E-state index contributed by atoms with van der Waals surface area (Å²) in [7, 11) is 0. The maximum atomic E-state index is 13.9. The van der Waals surface area contributed by atoms with E-state index in [0.29, 0.717) is 16.3 Å². The number of aryl methyl sites for hydroxylation is 1. The first kappa shape index (κ1) is 20.8. The molecule has 0 aliphatic carbocycles. The first-order chi connectivity index (χ1) is 15.0. The second-order valence-corrected chi connectivity index (χ2v) is 7.67. The lowest BCUT2D eigenvalue weighted by atomic mass is 10.1. The van der Waals surface area contributed by atoms with E-state index in [9.17, 15) is 9.18 Å². The number of H-pyrrole nitrogens is 1. The molecule has 4 rings (SSSR count). The van der Waals surface area contributed by atoms with Gasteiger partial charge in [-0.1, -0.05) is 23.7 Å². The van der Waals surface area contributed by atoms with Crippen molar-refractivity contribution in [1.82, 2.24) is 15.0 Å². The van der Waals surface area contributed by atoms with Crippen LogP contribution in [0.4, 0.5) is 10.1 Å². The third-order valence-electron chi connectivity index (χ3n) is 5.03. The van der Waals surface area contributed by atoms with E-state index in [1.54, 1.807) is 35.9 Å². The lowest BCUT2D eigenvalue weighted by Crippen LogP contribution is -2.32. The van der Waals surface area contributed by atoms with Gasteiger partial charge in [-0.15, -0.1) is 0 Å². The number of aromatic amines is 1. The van der Waals surface area contributed by atoms with Crippen LogP contribution in [-0.4, -0.2) is 20.9 Å². The summed E-state index contributed by atoms with van der Waals surface area (Å²) in [5, 5.41) is 0.291. The van der Waals surface area contributed by atoms with Gasteiger partial charge in [-0.3, -0.25) is 9.78 Å². The maximum Gasteiger partial charge on any atom is 0.231 e. The highest BCUT2D eigenvalue weighted by Gasteiger charge is 2.19. The molecule has 31 heavy (non-hydrogen) atoms. The minimum Gasteiger partial charge on any atom is -0.351 e. The number of hydrogen-bond donors (Lipinski definition) is 1. The van der Waals surface area contributed by atoms with Crippen LogP contribution in [0.5, 0.6) is 0 Å². The van der Waals surface area contributed by atoms with E-state index in [-0.39, 0.29) is 18.9 Å². The molecular formula is C24H20ClFN4O. The minimum absolute atomic E-state index is 0.121. The van der Waals surface area contributed by atoms with Crippen LogP contribution < -0.4 is 4.90 Å². The monoisotopic (exact) mass is 434 g/mol. The number of aromatic nitrogens is 3. The second-order valence-electron chi connectivity index (χ2n) is 7.24. The summed E-state index contributed by atoms with van der Waals surface area (Å²) in [6, 6.07) is 13.7. The first-order valence-corrected chi connectivity index (χ1v) is 10.1. The summed E-state index contributed by atoms with van der Waals surface area (Å²) in [5.41, 5.74) is 4.89. The number of nitrogens with zero attached hydrogens (tertiary/aromatic N) is 3. The van der Waals surface area contributed by atoms with Crippen LogP contribution in [0, 0.1) is 12.7 Å². The fourth-order valence-corrected chi connectivity index (χ4v) is 3.62. The fraction of sp³-hybridized carbons (Fsp3) is 0.125. The number of amides is 1. The van der Waals surface area contributed by atoms with Crippen molar-refractivity contribution in [2.24, 2.45) is 0 Å². The van der Waals surface area contributed by atoms with E-state index < -0.39 is 5.82 Å². The molecule has 7 heteroatoms. The van der Waals surface area contributed by atoms with Crippen molar-refractivity contribution in [3.05, 3.63) is 101 Å². The predicted octanol–water partition coefficient (Wildman–Crippen LogP) is 5.35. The van der Waals surface area contributed by atoms with Crippen molar-refractivity contribution in [3.8, 4) is 11.3 Å². The number of nitrogens with one attached hydrogen (secondary N) is 1. The molecule has 1 N–H and O–H groups in total. The van der Waals surface area contributed by atoms with Crippen LogP contribution in [0.2, 0.25) is 5.02 Å². The Morgan fingerprint density at radius 3 is 2.65 bits per heavy atom. The second kappa shape index (κ2) is 9.10. The molecule has 0 radical (unpaired) electrons. The smallest absolute Gasteiger partial charge is 0.231 e. The first-order valence-electron chi connectivity index (χ1n) is 9.73. The van der Waals surface area contributed by atoms with Gasteiger partial charge in [-0.05, 0) is 60.0 Å². The Labute approximate surface area is 184 Å². The van der Waals surface area contributed by atoms with Crippen molar-refractivity contribution >= 4 is 23.2 Å². The van der Waals surface area contributed by atoms with E-state index in [2.05, 4.69) is 15.0 Å². The number of benzene rings is 2. The molecule has 0 fully saturated rings. The average Bonchev–Trinajstić information content (AvgIpc) is 3.28. The number of hydrogen-bond acceptors (Lipinski definition) is 3. The molecule has 0 saturated heterocycles. The fourth-order valence-electron chi connectivity index (χ4n) is 3.38. The lowest BCUT2D eigenvalue weighted by molar-refractivity contribution is -0.118. The molecule has 4 aromatic rings. The topological polar surface area (TPSA) is 61.9 Å². The quantitative estimate of drug-likeness (QED) is 0.445. The zero-order chi connectivity index (χ0) is 21.8. The zero-order valence-electron chi connectivity index (χ0n) is 16.8. The molecule has 0 spiro atoms. The summed E-state index contributed by atoms with van der Waals surface area (Å²) < 4.78 is 13.9. The minimum atomic E-state index is -0.438. The molecule has 1 amide bonds. The van der Waals surface area contributed by atoms with Crippen LogP contribution in [-0.2, 0) is 17.8 Å². The van der Waals surface area contributed by atoms with Crippen molar-refractivity contribution in [1.29, 1.82) is 0 Å². The van der Waals surface area contributed by atoms with Crippen molar-refractivity contribution in [2.45, 2.75) is 19.9 Å². The summed E-state index contributed by atoms with van der Waals surface area (Å²) in [5.74, 6) is -0.559. The Morgan fingerprint density at radius 1 is 1.16 bits per heavy atom. The van der Waals surface area contributed by atoms with E-state index in [1.807, 2.05) is 37.3 Å². The molecule has 0 aliphatic heterocycles. The van der Waals surface area contributed by atoms with Gasteiger partial charge < -0.3 is 9.88 Å². The van der Waals surface area contributed by atoms with E-state index >= 15 is 0 Å². The van der Waals surface area contributed by atoms with Gasteiger partial charge in [0.15, 0.2) is 0 Å². The number of pyridine rings is 1.